The average Bonchev–Trinajstić information content (AvgIpc) is 2.40. The number of aromatic nitrogens is 1. The lowest BCUT2D eigenvalue weighted by atomic mass is 10.1. The number of pyridine rings is 1. The molecule has 2 rings (SSSR count). The largest absolute Gasteiger partial charge is 0.352 e. The highest BCUT2D eigenvalue weighted by Gasteiger charge is 2.21. The van der Waals surface area contributed by atoms with Crippen LogP contribution in [0.2, 0.25) is 5.02 Å². The van der Waals surface area contributed by atoms with E-state index in [1.54, 1.807) is 0 Å². The molecule has 1 fully saturated rings. The average molecular weight is 287 g/mol. The predicted molar refractivity (Wildman–Crippen MR) is 76.1 cm³/mol. The Bertz CT molecular complexity index is 421. The Balaban J connectivity index is 1.92. The van der Waals surface area contributed by atoms with E-state index in [0.717, 1.165) is 32.7 Å². The number of piperazine rings is 1. The maximum absolute atomic E-state index is 13.8. The lowest BCUT2D eigenvalue weighted by Crippen LogP contribution is -2.48. The summed E-state index contributed by atoms with van der Waals surface area (Å²) < 4.78 is 13.8. The molecule has 1 aromatic heterocycles. The maximum atomic E-state index is 13.8. The zero-order valence-corrected chi connectivity index (χ0v) is 11.9. The van der Waals surface area contributed by atoms with Crippen LogP contribution in [0.5, 0.6) is 0 Å². The number of hydrogen-bond donors (Lipinski definition) is 1. The van der Waals surface area contributed by atoms with Crippen molar-refractivity contribution in [2.24, 2.45) is 11.7 Å². The summed E-state index contributed by atoms with van der Waals surface area (Å²) in [6.45, 7) is 7.23. The van der Waals surface area contributed by atoms with Crippen LogP contribution in [-0.2, 0) is 0 Å². The second-order valence-electron chi connectivity index (χ2n) is 5.09. The van der Waals surface area contributed by atoms with Crippen molar-refractivity contribution in [3.05, 3.63) is 23.1 Å². The van der Waals surface area contributed by atoms with Crippen molar-refractivity contribution in [1.82, 2.24) is 9.88 Å². The molecule has 0 saturated carbocycles. The highest BCUT2D eigenvalue weighted by atomic mass is 35.5. The fourth-order valence-electron chi connectivity index (χ4n) is 2.30. The summed E-state index contributed by atoms with van der Waals surface area (Å²) >= 11 is 5.71. The van der Waals surface area contributed by atoms with E-state index in [4.69, 9.17) is 17.3 Å². The Hall–Kier alpha value is -0.910. The van der Waals surface area contributed by atoms with Gasteiger partial charge in [0.15, 0.2) is 11.6 Å². The van der Waals surface area contributed by atoms with Gasteiger partial charge in [0.05, 0.1) is 5.02 Å². The van der Waals surface area contributed by atoms with Crippen LogP contribution in [-0.4, -0.2) is 49.2 Å². The topological polar surface area (TPSA) is 45.4 Å². The molecule has 6 heteroatoms. The third-order valence-electron chi connectivity index (χ3n) is 3.43. The van der Waals surface area contributed by atoms with Gasteiger partial charge in [-0.05, 0) is 18.5 Å². The van der Waals surface area contributed by atoms with E-state index in [1.807, 2.05) is 4.90 Å². The highest BCUT2D eigenvalue weighted by molar-refractivity contribution is 6.30. The molecule has 106 valence electrons. The van der Waals surface area contributed by atoms with Gasteiger partial charge in [0.2, 0.25) is 0 Å². The first-order chi connectivity index (χ1) is 9.10. The van der Waals surface area contributed by atoms with E-state index in [2.05, 4.69) is 16.8 Å². The number of hydrogen-bond acceptors (Lipinski definition) is 4. The minimum Gasteiger partial charge on any atom is -0.352 e. The van der Waals surface area contributed by atoms with Gasteiger partial charge in [0, 0.05) is 38.9 Å². The van der Waals surface area contributed by atoms with Gasteiger partial charge in [-0.25, -0.2) is 9.37 Å². The number of nitrogens with zero attached hydrogens (tertiary/aromatic N) is 3. The first-order valence-electron chi connectivity index (χ1n) is 6.58. The molecule has 2 heterocycles. The molecule has 19 heavy (non-hydrogen) atoms. The van der Waals surface area contributed by atoms with Gasteiger partial charge >= 0.3 is 0 Å². The second kappa shape index (κ2) is 6.50. The Morgan fingerprint density at radius 1 is 1.42 bits per heavy atom. The smallest absolute Gasteiger partial charge is 0.167 e. The summed E-state index contributed by atoms with van der Waals surface area (Å²) in [5.41, 5.74) is 5.63. The molecular formula is C13H20ClFN4. The quantitative estimate of drug-likeness (QED) is 0.913. The fraction of sp³-hybridized carbons (Fsp3) is 0.615. The number of halogens is 2. The predicted octanol–water partition coefficient (Wildman–Crippen LogP) is 1.59. The molecule has 1 atom stereocenters. The van der Waals surface area contributed by atoms with Crippen LogP contribution >= 0.6 is 11.6 Å². The fourth-order valence-corrected chi connectivity index (χ4v) is 2.44. The molecule has 0 spiro atoms. The van der Waals surface area contributed by atoms with Gasteiger partial charge in [-0.1, -0.05) is 18.5 Å². The molecule has 0 radical (unpaired) electrons. The molecule has 0 aromatic carbocycles. The summed E-state index contributed by atoms with van der Waals surface area (Å²) in [5.74, 6) is 0.546. The Morgan fingerprint density at radius 3 is 2.68 bits per heavy atom. The van der Waals surface area contributed by atoms with E-state index >= 15 is 0 Å². The summed E-state index contributed by atoms with van der Waals surface area (Å²) in [4.78, 5) is 8.41. The van der Waals surface area contributed by atoms with Crippen molar-refractivity contribution in [1.29, 1.82) is 0 Å². The van der Waals surface area contributed by atoms with Gasteiger partial charge in [-0.3, -0.25) is 4.90 Å². The van der Waals surface area contributed by atoms with E-state index in [-0.39, 0.29) is 5.82 Å². The van der Waals surface area contributed by atoms with Crippen molar-refractivity contribution >= 4 is 17.4 Å². The van der Waals surface area contributed by atoms with Crippen molar-refractivity contribution < 1.29 is 4.39 Å². The van der Waals surface area contributed by atoms with Gasteiger partial charge < -0.3 is 10.6 Å². The van der Waals surface area contributed by atoms with Crippen LogP contribution in [0.1, 0.15) is 6.92 Å². The first kappa shape index (κ1) is 14.5. The molecule has 0 bridgehead atoms. The molecule has 1 aliphatic rings. The van der Waals surface area contributed by atoms with Gasteiger partial charge in [0.25, 0.3) is 0 Å². The molecule has 1 saturated heterocycles. The third-order valence-corrected chi connectivity index (χ3v) is 3.64. The monoisotopic (exact) mass is 286 g/mol. The Labute approximate surface area is 118 Å². The summed E-state index contributed by atoms with van der Waals surface area (Å²) in [6.07, 6.45) is 1.49. The Kier molecular flexibility index (Phi) is 4.96. The van der Waals surface area contributed by atoms with Crippen LogP contribution in [0.4, 0.5) is 10.2 Å². The number of anilines is 1. The van der Waals surface area contributed by atoms with Crippen LogP contribution in [0, 0.1) is 11.7 Å². The Morgan fingerprint density at radius 2 is 2.11 bits per heavy atom. The van der Waals surface area contributed by atoms with Crippen molar-refractivity contribution in [2.45, 2.75) is 6.92 Å². The zero-order chi connectivity index (χ0) is 13.8. The van der Waals surface area contributed by atoms with Crippen LogP contribution in [0.25, 0.3) is 0 Å². The second-order valence-corrected chi connectivity index (χ2v) is 5.52. The number of rotatable bonds is 4. The lowest BCUT2D eigenvalue weighted by Gasteiger charge is -2.36. The van der Waals surface area contributed by atoms with Crippen molar-refractivity contribution in [3.63, 3.8) is 0 Å². The standard InChI is InChI=1S/C13H20ClFN4/c1-10(7-16)9-18-2-4-19(5-3-18)13-12(15)6-11(14)8-17-13/h6,8,10H,2-5,7,9,16H2,1H3. The normalized spacial score (nSPS) is 18.6. The van der Waals surface area contributed by atoms with Crippen LogP contribution in [0.3, 0.4) is 0 Å². The number of nitrogens with two attached hydrogens (primary N) is 1. The van der Waals surface area contributed by atoms with Gasteiger partial charge in [-0.15, -0.1) is 0 Å². The van der Waals surface area contributed by atoms with E-state index in [9.17, 15) is 4.39 Å². The maximum Gasteiger partial charge on any atom is 0.167 e. The molecule has 4 nitrogen and oxygen atoms in total. The van der Waals surface area contributed by atoms with Gasteiger partial charge in [0.1, 0.15) is 0 Å². The van der Waals surface area contributed by atoms with E-state index in [0.29, 0.717) is 23.3 Å². The SMILES string of the molecule is CC(CN)CN1CCN(c2ncc(Cl)cc2F)CC1. The van der Waals surface area contributed by atoms with Crippen LogP contribution in [0.15, 0.2) is 12.3 Å². The minimum atomic E-state index is -0.351. The highest BCUT2D eigenvalue weighted by Crippen LogP contribution is 2.21. The van der Waals surface area contributed by atoms with E-state index < -0.39 is 0 Å². The molecule has 0 aliphatic carbocycles. The van der Waals surface area contributed by atoms with Crippen LogP contribution < -0.4 is 10.6 Å². The summed E-state index contributed by atoms with van der Waals surface area (Å²) in [5, 5.41) is 0.330. The molecule has 1 unspecified atom stereocenters. The lowest BCUT2D eigenvalue weighted by molar-refractivity contribution is 0.226. The summed E-state index contributed by atoms with van der Waals surface area (Å²) in [7, 11) is 0. The van der Waals surface area contributed by atoms with Crippen molar-refractivity contribution in [3.8, 4) is 0 Å². The van der Waals surface area contributed by atoms with Gasteiger partial charge in [-0.2, -0.15) is 0 Å². The molecule has 1 aliphatic heterocycles. The molecule has 2 N–H and O–H groups in total. The summed E-state index contributed by atoms with van der Waals surface area (Å²) in [6, 6.07) is 1.31. The van der Waals surface area contributed by atoms with E-state index in [1.165, 1.54) is 12.3 Å². The molecular weight excluding hydrogens is 267 g/mol. The first-order valence-corrected chi connectivity index (χ1v) is 6.96. The molecule has 0 amide bonds. The zero-order valence-electron chi connectivity index (χ0n) is 11.1. The van der Waals surface area contributed by atoms with Crippen molar-refractivity contribution in [2.75, 3.05) is 44.2 Å². The minimum absolute atomic E-state index is 0.330. The molecule has 1 aromatic rings. The third kappa shape index (κ3) is 3.78.